The number of rotatable bonds is 5. The van der Waals surface area contributed by atoms with Crippen molar-refractivity contribution in [2.24, 2.45) is 0 Å². The van der Waals surface area contributed by atoms with Gasteiger partial charge in [-0.25, -0.2) is 0 Å². The summed E-state index contributed by atoms with van der Waals surface area (Å²) in [4.78, 5) is 11.7. The van der Waals surface area contributed by atoms with E-state index in [1.807, 2.05) is 31.2 Å². The van der Waals surface area contributed by atoms with E-state index in [0.29, 0.717) is 6.42 Å². The van der Waals surface area contributed by atoms with Gasteiger partial charge in [0.05, 0.1) is 0 Å². The summed E-state index contributed by atoms with van der Waals surface area (Å²) in [5, 5.41) is 0. The van der Waals surface area contributed by atoms with Crippen LogP contribution in [0.1, 0.15) is 31.4 Å². The molecule has 0 amide bonds. The highest BCUT2D eigenvalue weighted by molar-refractivity contribution is 9.10. The number of hydrogen-bond acceptors (Lipinski definition) is 2. The fourth-order valence-corrected chi connectivity index (χ4v) is 1.73. The van der Waals surface area contributed by atoms with Crippen LogP contribution in [0, 0.1) is 0 Å². The fraction of sp³-hybridized carbons (Fsp3) is 0.417. The minimum atomic E-state index is -0.418. The van der Waals surface area contributed by atoms with Crippen molar-refractivity contribution in [3.05, 3.63) is 34.3 Å². The SMILES string of the molecule is CCCC(=O)C(OC)c1ccc(Br)cc1. The Balaban J connectivity index is 2.82. The first-order chi connectivity index (χ1) is 7.19. The van der Waals surface area contributed by atoms with Crippen molar-refractivity contribution in [2.75, 3.05) is 7.11 Å². The molecule has 15 heavy (non-hydrogen) atoms. The second kappa shape index (κ2) is 6.03. The van der Waals surface area contributed by atoms with Gasteiger partial charge in [-0.15, -0.1) is 0 Å². The predicted molar refractivity (Wildman–Crippen MR) is 63.8 cm³/mol. The number of halogens is 1. The van der Waals surface area contributed by atoms with Gasteiger partial charge in [-0.2, -0.15) is 0 Å². The number of benzene rings is 1. The number of carbonyl (C=O) groups is 1. The van der Waals surface area contributed by atoms with Crippen molar-refractivity contribution in [1.82, 2.24) is 0 Å². The molecule has 0 aromatic heterocycles. The summed E-state index contributed by atoms with van der Waals surface area (Å²) in [5.41, 5.74) is 0.916. The van der Waals surface area contributed by atoms with Crippen LogP contribution in [0.3, 0.4) is 0 Å². The summed E-state index contributed by atoms with van der Waals surface area (Å²) in [6, 6.07) is 7.65. The summed E-state index contributed by atoms with van der Waals surface area (Å²) in [7, 11) is 1.57. The van der Waals surface area contributed by atoms with Crippen LogP contribution in [-0.4, -0.2) is 12.9 Å². The molecule has 82 valence electrons. The zero-order valence-corrected chi connectivity index (χ0v) is 10.6. The average Bonchev–Trinajstić information content (AvgIpc) is 2.22. The lowest BCUT2D eigenvalue weighted by Crippen LogP contribution is -2.13. The van der Waals surface area contributed by atoms with Crippen LogP contribution >= 0.6 is 15.9 Å². The number of ketones is 1. The quantitative estimate of drug-likeness (QED) is 0.819. The van der Waals surface area contributed by atoms with Crippen LogP contribution in [0.4, 0.5) is 0 Å². The van der Waals surface area contributed by atoms with E-state index in [4.69, 9.17) is 4.74 Å². The first kappa shape index (κ1) is 12.4. The summed E-state index contributed by atoms with van der Waals surface area (Å²) in [6.07, 6.45) is 1.00. The molecule has 0 bridgehead atoms. The Morgan fingerprint density at radius 3 is 2.47 bits per heavy atom. The maximum atomic E-state index is 11.7. The van der Waals surface area contributed by atoms with Crippen LogP contribution in [0.15, 0.2) is 28.7 Å². The second-order valence-electron chi connectivity index (χ2n) is 3.38. The molecular formula is C12H15BrO2. The van der Waals surface area contributed by atoms with Crippen molar-refractivity contribution >= 4 is 21.7 Å². The number of ether oxygens (including phenoxy) is 1. The molecule has 0 saturated carbocycles. The smallest absolute Gasteiger partial charge is 0.166 e. The molecule has 1 rings (SSSR count). The first-order valence-electron chi connectivity index (χ1n) is 5.00. The van der Waals surface area contributed by atoms with Crippen molar-refractivity contribution < 1.29 is 9.53 Å². The lowest BCUT2D eigenvalue weighted by molar-refractivity contribution is -0.129. The maximum absolute atomic E-state index is 11.7. The second-order valence-corrected chi connectivity index (χ2v) is 4.30. The van der Waals surface area contributed by atoms with Crippen LogP contribution in [-0.2, 0) is 9.53 Å². The standard InChI is InChI=1S/C12H15BrO2/c1-3-4-11(14)12(15-2)9-5-7-10(13)8-6-9/h5-8,12H,3-4H2,1-2H3. The number of hydrogen-bond donors (Lipinski definition) is 0. The highest BCUT2D eigenvalue weighted by Crippen LogP contribution is 2.21. The zero-order chi connectivity index (χ0) is 11.3. The third-order valence-corrected chi connectivity index (χ3v) is 2.73. The first-order valence-corrected chi connectivity index (χ1v) is 5.79. The molecule has 0 aliphatic rings. The van der Waals surface area contributed by atoms with E-state index in [9.17, 15) is 4.79 Å². The Labute approximate surface area is 98.8 Å². The molecule has 0 saturated heterocycles. The molecule has 1 aromatic rings. The van der Waals surface area contributed by atoms with Crippen molar-refractivity contribution in [1.29, 1.82) is 0 Å². The predicted octanol–water partition coefficient (Wildman–Crippen LogP) is 3.51. The van der Waals surface area contributed by atoms with Gasteiger partial charge in [0.25, 0.3) is 0 Å². The monoisotopic (exact) mass is 270 g/mol. The molecule has 0 radical (unpaired) electrons. The molecule has 2 nitrogen and oxygen atoms in total. The normalized spacial score (nSPS) is 12.5. The Bertz CT molecular complexity index is 319. The lowest BCUT2D eigenvalue weighted by Gasteiger charge is -2.14. The Morgan fingerprint density at radius 1 is 1.40 bits per heavy atom. The number of methoxy groups -OCH3 is 1. The number of Topliss-reactive ketones (excluding diaryl/α,β-unsaturated/α-hetero) is 1. The Kier molecular flexibility index (Phi) is 4.99. The van der Waals surface area contributed by atoms with Crippen LogP contribution in [0.5, 0.6) is 0 Å². The summed E-state index contributed by atoms with van der Waals surface area (Å²) in [5.74, 6) is 0.141. The summed E-state index contributed by atoms with van der Waals surface area (Å²) in [6.45, 7) is 1.99. The third kappa shape index (κ3) is 3.43. The third-order valence-electron chi connectivity index (χ3n) is 2.20. The minimum Gasteiger partial charge on any atom is -0.369 e. The van der Waals surface area contributed by atoms with Gasteiger partial charge in [0.2, 0.25) is 0 Å². The topological polar surface area (TPSA) is 26.3 Å². The maximum Gasteiger partial charge on any atom is 0.166 e. The number of carbonyl (C=O) groups excluding carboxylic acids is 1. The largest absolute Gasteiger partial charge is 0.369 e. The van der Waals surface area contributed by atoms with Gasteiger partial charge >= 0.3 is 0 Å². The lowest BCUT2D eigenvalue weighted by atomic mass is 10.0. The van der Waals surface area contributed by atoms with Gasteiger partial charge in [-0.05, 0) is 24.1 Å². The summed E-state index contributed by atoms with van der Waals surface area (Å²) >= 11 is 3.36. The molecule has 1 aromatic carbocycles. The molecule has 1 unspecified atom stereocenters. The van der Waals surface area contributed by atoms with Gasteiger partial charge in [-0.3, -0.25) is 4.79 Å². The molecular weight excluding hydrogens is 256 g/mol. The van der Waals surface area contributed by atoms with Gasteiger partial charge in [0.1, 0.15) is 6.10 Å². The highest BCUT2D eigenvalue weighted by atomic mass is 79.9. The van der Waals surface area contributed by atoms with E-state index in [1.54, 1.807) is 7.11 Å². The van der Waals surface area contributed by atoms with Crippen LogP contribution < -0.4 is 0 Å². The van der Waals surface area contributed by atoms with Crippen LogP contribution in [0.25, 0.3) is 0 Å². The van der Waals surface area contributed by atoms with E-state index in [-0.39, 0.29) is 5.78 Å². The molecule has 0 spiro atoms. The molecule has 3 heteroatoms. The molecule has 0 aliphatic carbocycles. The fourth-order valence-electron chi connectivity index (χ4n) is 1.47. The molecule has 0 fully saturated rings. The zero-order valence-electron chi connectivity index (χ0n) is 9.00. The van der Waals surface area contributed by atoms with Crippen molar-refractivity contribution in [3.8, 4) is 0 Å². The molecule has 0 aliphatic heterocycles. The highest BCUT2D eigenvalue weighted by Gasteiger charge is 2.18. The van der Waals surface area contributed by atoms with E-state index in [2.05, 4.69) is 15.9 Å². The van der Waals surface area contributed by atoms with Gasteiger partial charge in [-0.1, -0.05) is 35.0 Å². The van der Waals surface area contributed by atoms with Crippen molar-refractivity contribution in [2.45, 2.75) is 25.9 Å². The van der Waals surface area contributed by atoms with Crippen LogP contribution in [0.2, 0.25) is 0 Å². The van der Waals surface area contributed by atoms with Gasteiger partial charge < -0.3 is 4.74 Å². The van der Waals surface area contributed by atoms with E-state index in [0.717, 1.165) is 16.5 Å². The molecule has 0 heterocycles. The summed E-state index contributed by atoms with van der Waals surface area (Å²) < 4.78 is 6.23. The Hall–Kier alpha value is -0.670. The van der Waals surface area contributed by atoms with E-state index < -0.39 is 6.10 Å². The molecule has 0 N–H and O–H groups in total. The van der Waals surface area contributed by atoms with Crippen molar-refractivity contribution in [3.63, 3.8) is 0 Å². The molecule has 1 atom stereocenters. The Morgan fingerprint density at radius 2 is 2.00 bits per heavy atom. The van der Waals surface area contributed by atoms with Gasteiger partial charge in [0, 0.05) is 18.0 Å². The van der Waals surface area contributed by atoms with Gasteiger partial charge in [0.15, 0.2) is 5.78 Å². The van der Waals surface area contributed by atoms with E-state index in [1.165, 1.54) is 0 Å². The van der Waals surface area contributed by atoms with E-state index >= 15 is 0 Å². The average molecular weight is 271 g/mol. The minimum absolute atomic E-state index is 0.141.